The number of anilines is 1. The molecule has 0 aromatic heterocycles. The quantitative estimate of drug-likeness (QED) is 0.592. The molecule has 0 radical (unpaired) electrons. The molecule has 0 aliphatic carbocycles. The van der Waals surface area contributed by atoms with Gasteiger partial charge in [0.25, 0.3) is 0 Å². The Balaban J connectivity index is 2.74. The largest absolute Gasteiger partial charge is 0.466 e. The monoisotopic (exact) mass is 247 g/mol. The summed E-state index contributed by atoms with van der Waals surface area (Å²) in [4.78, 5) is 13.5. The normalized spacial score (nSPS) is 11.2. The maximum Gasteiger partial charge on any atom is 0.333 e. The van der Waals surface area contributed by atoms with Crippen LogP contribution in [-0.2, 0) is 9.53 Å². The third-order valence-corrected chi connectivity index (χ3v) is 2.91. The van der Waals surface area contributed by atoms with E-state index in [0.29, 0.717) is 12.1 Å². The number of hydrogen-bond acceptors (Lipinski definition) is 3. The summed E-state index contributed by atoms with van der Waals surface area (Å²) >= 11 is 0. The van der Waals surface area contributed by atoms with Gasteiger partial charge >= 0.3 is 5.97 Å². The second kappa shape index (κ2) is 6.84. The molecule has 0 saturated carbocycles. The highest BCUT2D eigenvalue weighted by Crippen LogP contribution is 2.15. The molecule has 0 aliphatic rings. The van der Waals surface area contributed by atoms with Crippen LogP contribution in [0.3, 0.4) is 0 Å². The van der Waals surface area contributed by atoms with Crippen LogP contribution in [0.15, 0.2) is 35.9 Å². The van der Waals surface area contributed by atoms with Gasteiger partial charge in [0, 0.05) is 24.4 Å². The molecule has 1 aromatic carbocycles. The average Bonchev–Trinajstić information content (AvgIpc) is 2.40. The molecule has 1 aromatic rings. The molecular formula is C15H21NO2. The van der Waals surface area contributed by atoms with E-state index in [1.165, 1.54) is 12.7 Å². The number of nitrogens with zero attached hydrogens (tertiary/aromatic N) is 1. The first-order valence-corrected chi connectivity index (χ1v) is 6.15. The number of hydrogen-bond donors (Lipinski definition) is 0. The SMILES string of the molecule is CCN(CC=C(C)C(=O)OC)c1ccc(C)cc1. The molecule has 0 unspecified atom stereocenters. The number of carbonyl (C=O) groups excluding carboxylic acids is 1. The highest BCUT2D eigenvalue weighted by Gasteiger charge is 2.05. The van der Waals surface area contributed by atoms with Crippen molar-refractivity contribution in [2.75, 3.05) is 25.1 Å². The molecule has 3 nitrogen and oxygen atoms in total. The van der Waals surface area contributed by atoms with Crippen molar-refractivity contribution >= 4 is 11.7 Å². The van der Waals surface area contributed by atoms with E-state index < -0.39 is 0 Å². The lowest BCUT2D eigenvalue weighted by Crippen LogP contribution is -2.23. The van der Waals surface area contributed by atoms with E-state index in [1.807, 2.05) is 6.08 Å². The van der Waals surface area contributed by atoms with Gasteiger partial charge in [0.2, 0.25) is 0 Å². The predicted molar refractivity (Wildman–Crippen MR) is 74.8 cm³/mol. The molecule has 0 aliphatic heterocycles. The Morgan fingerprint density at radius 1 is 1.33 bits per heavy atom. The molecule has 0 spiro atoms. The van der Waals surface area contributed by atoms with Gasteiger partial charge in [-0.1, -0.05) is 23.8 Å². The first-order chi connectivity index (χ1) is 8.58. The third kappa shape index (κ3) is 3.91. The third-order valence-electron chi connectivity index (χ3n) is 2.91. The van der Waals surface area contributed by atoms with Gasteiger partial charge in [-0.2, -0.15) is 0 Å². The summed E-state index contributed by atoms with van der Waals surface area (Å²) in [5.41, 5.74) is 3.05. The van der Waals surface area contributed by atoms with Crippen LogP contribution in [0.5, 0.6) is 0 Å². The molecule has 0 N–H and O–H groups in total. The molecule has 0 atom stereocenters. The van der Waals surface area contributed by atoms with Gasteiger partial charge in [-0.15, -0.1) is 0 Å². The maximum absolute atomic E-state index is 11.3. The van der Waals surface area contributed by atoms with Crippen LogP contribution in [0, 0.1) is 6.92 Å². The summed E-state index contributed by atoms with van der Waals surface area (Å²) in [5.74, 6) is -0.269. The van der Waals surface area contributed by atoms with Gasteiger partial charge in [-0.3, -0.25) is 0 Å². The Kier molecular flexibility index (Phi) is 5.43. The van der Waals surface area contributed by atoms with E-state index in [2.05, 4.69) is 47.7 Å². The fraction of sp³-hybridized carbons (Fsp3) is 0.400. The van der Waals surface area contributed by atoms with E-state index >= 15 is 0 Å². The van der Waals surface area contributed by atoms with Gasteiger partial charge in [-0.05, 0) is 32.9 Å². The summed E-state index contributed by atoms with van der Waals surface area (Å²) < 4.78 is 4.67. The molecule has 0 saturated heterocycles. The predicted octanol–water partition coefficient (Wildman–Crippen LogP) is 2.94. The second-order valence-corrected chi connectivity index (χ2v) is 4.25. The van der Waals surface area contributed by atoms with Gasteiger partial charge in [0.1, 0.15) is 0 Å². The van der Waals surface area contributed by atoms with Crippen LogP contribution in [0.2, 0.25) is 0 Å². The van der Waals surface area contributed by atoms with Crippen molar-refractivity contribution in [3.8, 4) is 0 Å². The second-order valence-electron chi connectivity index (χ2n) is 4.25. The van der Waals surface area contributed by atoms with Crippen molar-refractivity contribution < 1.29 is 9.53 Å². The number of ether oxygens (including phenoxy) is 1. The van der Waals surface area contributed by atoms with Gasteiger partial charge in [0.05, 0.1) is 7.11 Å². The van der Waals surface area contributed by atoms with E-state index in [4.69, 9.17) is 0 Å². The minimum atomic E-state index is -0.269. The van der Waals surface area contributed by atoms with Gasteiger partial charge in [-0.25, -0.2) is 4.79 Å². The van der Waals surface area contributed by atoms with Crippen molar-refractivity contribution in [3.63, 3.8) is 0 Å². The van der Waals surface area contributed by atoms with Crippen molar-refractivity contribution in [1.29, 1.82) is 0 Å². The minimum absolute atomic E-state index is 0.269. The number of aryl methyl sites for hydroxylation is 1. The topological polar surface area (TPSA) is 29.5 Å². The lowest BCUT2D eigenvalue weighted by atomic mass is 10.2. The van der Waals surface area contributed by atoms with Crippen LogP contribution in [0.1, 0.15) is 19.4 Å². The van der Waals surface area contributed by atoms with Crippen LogP contribution < -0.4 is 4.90 Å². The van der Waals surface area contributed by atoms with Crippen LogP contribution in [0.25, 0.3) is 0 Å². The number of methoxy groups -OCH3 is 1. The van der Waals surface area contributed by atoms with Crippen LogP contribution >= 0.6 is 0 Å². The minimum Gasteiger partial charge on any atom is -0.466 e. The Labute approximate surface area is 109 Å². The molecule has 98 valence electrons. The summed E-state index contributed by atoms with van der Waals surface area (Å²) in [7, 11) is 1.40. The molecule has 0 fully saturated rings. The lowest BCUT2D eigenvalue weighted by molar-refractivity contribution is -0.136. The highest BCUT2D eigenvalue weighted by atomic mass is 16.5. The first-order valence-electron chi connectivity index (χ1n) is 6.15. The zero-order chi connectivity index (χ0) is 13.5. The van der Waals surface area contributed by atoms with E-state index in [9.17, 15) is 4.79 Å². The van der Waals surface area contributed by atoms with E-state index in [0.717, 1.165) is 12.2 Å². The number of likely N-dealkylation sites (N-methyl/N-ethyl adjacent to an activating group) is 1. The van der Waals surface area contributed by atoms with Gasteiger partial charge < -0.3 is 9.64 Å². The summed E-state index contributed by atoms with van der Waals surface area (Å²) in [6.45, 7) is 7.55. The zero-order valence-electron chi connectivity index (χ0n) is 11.6. The molecule has 1 rings (SSSR count). The molecule has 0 amide bonds. The highest BCUT2D eigenvalue weighted by molar-refractivity contribution is 5.87. The van der Waals surface area contributed by atoms with E-state index in [-0.39, 0.29) is 5.97 Å². The molecule has 0 heterocycles. The number of esters is 1. The number of carbonyl (C=O) groups is 1. The zero-order valence-corrected chi connectivity index (χ0v) is 11.6. The van der Waals surface area contributed by atoms with Crippen molar-refractivity contribution in [3.05, 3.63) is 41.5 Å². The molecule has 3 heteroatoms. The summed E-state index contributed by atoms with van der Waals surface area (Å²) in [5, 5.41) is 0. The average molecular weight is 247 g/mol. The first kappa shape index (κ1) is 14.3. The fourth-order valence-electron chi connectivity index (χ4n) is 1.66. The van der Waals surface area contributed by atoms with E-state index in [1.54, 1.807) is 6.92 Å². The van der Waals surface area contributed by atoms with Crippen molar-refractivity contribution in [1.82, 2.24) is 0 Å². The number of benzene rings is 1. The summed E-state index contributed by atoms with van der Waals surface area (Å²) in [6, 6.07) is 8.38. The Hall–Kier alpha value is -1.77. The van der Waals surface area contributed by atoms with Crippen LogP contribution in [0.4, 0.5) is 5.69 Å². The molecule has 0 bridgehead atoms. The van der Waals surface area contributed by atoms with Crippen LogP contribution in [-0.4, -0.2) is 26.2 Å². The maximum atomic E-state index is 11.3. The molecular weight excluding hydrogens is 226 g/mol. The van der Waals surface area contributed by atoms with Gasteiger partial charge in [0.15, 0.2) is 0 Å². The standard InChI is InChI=1S/C15H21NO2/c1-5-16(11-10-13(3)15(17)18-4)14-8-6-12(2)7-9-14/h6-10H,5,11H2,1-4H3. The van der Waals surface area contributed by atoms with Crippen molar-refractivity contribution in [2.45, 2.75) is 20.8 Å². The number of rotatable bonds is 5. The van der Waals surface area contributed by atoms with Crippen molar-refractivity contribution in [2.24, 2.45) is 0 Å². The Morgan fingerprint density at radius 2 is 1.94 bits per heavy atom. The fourth-order valence-corrected chi connectivity index (χ4v) is 1.66. The molecule has 18 heavy (non-hydrogen) atoms. The summed E-state index contributed by atoms with van der Waals surface area (Å²) in [6.07, 6.45) is 1.90. The Morgan fingerprint density at radius 3 is 2.44 bits per heavy atom. The smallest absolute Gasteiger partial charge is 0.333 e. The Bertz CT molecular complexity index is 421. The lowest BCUT2D eigenvalue weighted by Gasteiger charge is -2.21.